The first kappa shape index (κ1) is 25.4. The monoisotopic (exact) mass is 463 g/mol. The van der Waals surface area contributed by atoms with Crippen molar-refractivity contribution >= 4 is 5.97 Å². The zero-order chi connectivity index (χ0) is 24.3. The minimum absolute atomic E-state index is 0.0220. The van der Waals surface area contributed by atoms with E-state index in [4.69, 9.17) is 9.47 Å². The van der Waals surface area contributed by atoms with Gasteiger partial charge in [-0.1, -0.05) is 60.7 Å². The second kappa shape index (κ2) is 12.9. The van der Waals surface area contributed by atoms with Gasteiger partial charge >= 0.3 is 5.97 Å². The number of para-hydroxylation sites is 1. The van der Waals surface area contributed by atoms with Gasteiger partial charge in [0.2, 0.25) is 0 Å². The number of carbonyl (C=O) groups is 1. The highest BCUT2D eigenvalue weighted by Crippen LogP contribution is 2.18. The van der Waals surface area contributed by atoms with Crippen LogP contribution < -0.4 is 4.74 Å². The Hall–Kier alpha value is -3.19. The summed E-state index contributed by atoms with van der Waals surface area (Å²) >= 11 is 0. The number of rotatable bonds is 12. The van der Waals surface area contributed by atoms with E-state index in [-0.39, 0.29) is 18.6 Å². The van der Waals surface area contributed by atoms with Crippen molar-refractivity contribution in [1.82, 2.24) is 4.90 Å². The summed E-state index contributed by atoms with van der Waals surface area (Å²) in [4.78, 5) is 13.8. The minimum atomic E-state index is -0.729. The molecule has 3 aromatic carbocycles. The van der Waals surface area contributed by atoms with E-state index in [0.717, 1.165) is 11.1 Å². The van der Waals surface area contributed by atoms with Crippen LogP contribution in [0, 0.1) is 0 Å². The van der Waals surface area contributed by atoms with Crippen molar-refractivity contribution in [3.8, 4) is 5.75 Å². The number of nitrogens with zero attached hydrogens (tertiary/aromatic N) is 1. The molecule has 2 N–H and O–H groups in total. The SMILES string of the molecule is COC(=O)c1ccc(C[C@@H](C)N(C[C@H](O)COc2ccccc2)C[C@@H](O)c2ccccc2)cc1. The predicted molar refractivity (Wildman–Crippen MR) is 132 cm³/mol. The van der Waals surface area contributed by atoms with E-state index in [1.165, 1.54) is 7.11 Å². The van der Waals surface area contributed by atoms with Crippen LogP contribution in [-0.2, 0) is 11.2 Å². The Kier molecular flexibility index (Phi) is 9.64. The molecule has 0 radical (unpaired) electrons. The fraction of sp³-hybridized carbons (Fsp3) is 0.321. The largest absolute Gasteiger partial charge is 0.491 e. The molecule has 0 aliphatic heterocycles. The number of ether oxygens (including phenoxy) is 2. The molecular weight excluding hydrogens is 430 g/mol. The molecule has 0 heterocycles. The average molecular weight is 464 g/mol. The van der Waals surface area contributed by atoms with Gasteiger partial charge in [0.1, 0.15) is 18.5 Å². The molecule has 0 fully saturated rings. The van der Waals surface area contributed by atoms with Crippen LogP contribution in [0.25, 0.3) is 0 Å². The van der Waals surface area contributed by atoms with Gasteiger partial charge in [-0.3, -0.25) is 4.90 Å². The summed E-state index contributed by atoms with van der Waals surface area (Å²) in [6.07, 6.45) is -0.727. The van der Waals surface area contributed by atoms with Gasteiger partial charge in [-0.2, -0.15) is 0 Å². The molecule has 0 saturated carbocycles. The van der Waals surface area contributed by atoms with Gasteiger partial charge in [0.25, 0.3) is 0 Å². The third kappa shape index (κ3) is 7.70. The lowest BCUT2D eigenvalue weighted by Crippen LogP contribution is -2.44. The quantitative estimate of drug-likeness (QED) is 0.397. The number of hydrogen-bond donors (Lipinski definition) is 2. The normalized spacial score (nSPS) is 13.8. The molecule has 3 rings (SSSR count). The second-order valence-electron chi connectivity index (χ2n) is 8.40. The van der Waals surface area contributed by atoms with Crippen molar-refractivity contribution in [3.63, 3.8) is 0 Å². The Labute approximate surface area is 201 Å². The highest BCUT2D eigenvalue weighted by Gasteiger charge is 2.22. The molecule has 0 unspecified atom stereocenters. The van der Waals surface area contributed by atoms with Crippen LogP contribution >= 0.6 is 0 Å². The number of esters is 1. The fourth-order valence-electron chi connectivity index (χ4n) is 3.83. The van der Waals surface area contributed by atoms with Crippen LogP contribution in [0.4, 0.5) is 0 Å². The van der Waals surface area contributed by atoms with Gasteiger partial charge in [0, 0.05) is 19.1 Å². The predicted octanol–water partition coefficient (Wildman–Crippen LogP) is 3.88. The van der Waals surface area contributed by atoms with Gasteiger partial charge in [-0.05, 0) is 48.7 Å². The number of carbonyl (C=O) groups excluding carboxylic acids is 1. The van der Waals surface area contributed by atoms with E-state index >= 15 is 0 Å². The van der Waals surface area contributed by atoms with Crippen LogP contribution in [0.5, 0.6) is 5.75 Å². The fourth-order valence-corrected chi connectivity index (χ4v) is 3.83. The molecular formula is C28H33NO5. The Balaban J connectivity index is 1.67. The number of benzene rings is 3. The van der Waals surface area contributed by atoms with Gasteiger partial charge < -0.3 is 19.7 Å². The molecule has 0 amide bonds. The highest BCUT2D eigenvalue weighted by molar-refractivity contribution is 5.89. The van der Waals surface area contributed by atoms with Crippen LogP contribution in [0.3, 0.4) is 0 Å². The Morgan fingerprint density at radius 1 is 0.882 bits per heavy atom. The molecule has 3 aromatic rings. The molecule has 0 bridgehead atoms. The first-order valence-corrected chi connectivity index (χ1v) is 11.5. The van der Waals surface area contributed by atoms with E-state index in [0.29, 0.717) is 30.8 Å². The number of aliphatic hydroxyl groups excluding tert-OH is 2. The summed E-state index contributed by atoms with van der Waals surface area (Å²) in [7, 11) is 1.36. The van der Waals surface area contributed by atoms with Crippen LogP contribution in [-0.4, -0.2) is 60.0 Å². The maximum Gasteiger partial charge on any atom is 0.337 e. The maximum absolute atomic E-state index is 11.7. The Bertz CT molecular complexity index is 994. The zero-order valence-electron chi connectivity index (χ0n) is 19.7. The third-order valence-electron chi connectivity index (χ3n) is 5.75. The smallest absolute Gasteiger partial charge is 0.337 e. The number of aliphatic hydroxyl groups is 2. The van der Waals surface area contributed by atoms with Crippen molar-refractivity contribution in [2.75, 3.05) is 26.8 Å². The van der Waals surface area contributed by atoms with Crippen LogP contribution in [0.2, 0.25) is 0 Å². The van der Waals surface area contributed by atoms with Crippen LogP contribution in [0.1, 0.15) is 34.5 Å². The minimum Gasteiger partial charge on any atom is -0.491 e. The summed E-state index contributed by atoms with van der Waals surface area (Å²) in [6, 6.07) is 26.2. The zero-order valence-corrected chi connectivity index (χ0v) is 19.7. The lowest BCUT2D eigenvalue weighted by atomic mass is 10.0. The van der Waals surface area contributed by atoms with Crippen molar-refractivity contribution < 1.29 is 24.5 Å². The van der Waals surface area contributed by atoms with Gasteiger partial charge in [-0.15, -0.1) is 0 Å². The van der Waals surface area contributed by atoms with E-state index in [2.05, 4.69) is 11.8 Å². The summed E-state index contributed by atoms with van der Waals surface area (Å²) in [5.41, 5.74) is 2.38. The molecule has 0 saturated heterocycles. The van der Waals surface area contributed by atoms with Gasteiger partial charge in [0.15, 0.2) is 0 Å². The summed E-state index contributed by atoms with van der Waals surface area (Å²) in [5.74, 6) is 0.338. The summed E-state index contributed by atoms with van der Waals surface area (Å²) in [6.45, 7) is 2.94. The third-order valence-corrected chi connectivity index (χ3v) is 5.75. The molecule has 0 spiro atoms. The number of hydrogen-bond acceptors (Lipinski definition) is 6. The number of methoxy groups -OCH3 is 1. The van der Waals surface area contributed by atoms with E-state index in [1.54, 1.807) is 12.1 Å². The van der Waals surface area contributed by atoms with Gasteiger partial charge in [-0.25, -0.2) is 4.79 Å². The summed E-state index contributed by atoms with van der Waals surface area (Å²) < 4.78 is 10.5. The van der Waals surface area contributed by atoms with Crippen molar-refractivity contribution in [1.29, 1.82) is 0 Å². The Morgan fingerprint density at radius 3 is 2.12 bits per heavy atom. The standard InChI is InChI=1S/C28H33NO5/c1-21(17-22-13-15-24(16-14-22)28(32)33-2)29(19-27(31)23-9-5-3-6-10-23)18-25(30)20-34-26-11-7-4-8-12-26/h3-16,21,25,27,30-31H,17-20H2,1-2H3/t21-,25+,27-/m1/s1. The molecule has 6 heteroatoms. The molecule has 0 aromatic heterocycles. The first-order chi connectivity index (χ1) is 16.5. The van der Waals surface area contributed by atoms with Gasteiger partial charge in [0.05, 0.1) is 18.8 Å². The van der Waals surface area contributed by atoms with E-state index < -0.39 is 12.2 Å². The lowest BCUT2D eigenvalue weighted by molar-refractivity contribution is 0.0291. The second-order valence-corrected chi connectivity index (χ2v) is 8.40. The first-order valence-electron chi connectivity index (χ1n) is 11.5. The summed E-state index contributed by atoms with van der Waals surface area (Å²) in [5, 5.41) is 21.5. The molecule has 3 atom stereocenters. The van der Waals surface area contributed by atoms with Crippen molar-refractivity contribution in [2.24, 2.45) is 0 Å². The van der Waals surface area contributed by atoms with E-state index in [9.17, 15) is 15.0 Å². The molecule has 0 aliphatic carbocycles. The Morgan fingerprint density at radius 2 is 1.50 bits per heavy atom. The van der Waals surface area contributed by atoms with Crippen molar-refractivity contribution in [2.45, 2.75) is 31.6 Å². The highest BCUT2D eigenvalue weighted by atomic mass is 16.5. The average Bonchev–Trinajstić information content (AvgIpc) is 2.88. The van der Waals surface area contributed by atoms with E-state index in [1.807, 2.05) is 72.8 Å². The van der Waals surface area contributed by atoms with Crippen molar-refractivity contribution in [3.05, 3.63) is 102 Å². The molecule has 6 nitrogen and oxygen atoms in total. The molecule has 180 valence electrons. The van der Waals surface area contributed by atoms with Crippen LogP contribution in [0.15, 0.2) is 84.9 Å². The molecule has 34 heavy (non-hydrogen) atoms. The maximum atomic E-state index is 11.7. The molecule has 0 aliphatic rings. The lowest BCUT2D eigenvalue weighted by Gasteiger charge is -2.33. The topological polar surface area (TPSA) is 79.2 Å².